The van der Waals surface area contributed by atoms with Crippen LogP contribution in [0.5, 0.6) is 11.5 Å². The van der Waals surface area contributed by atoms with Gasteiger partial charge in [0.1, 0.15) is 19.0 Å². The standard InChI is InChI=1S/C20H19NO6S/c1-25-7-6-21-17(15-3-2-10-28-15)16(19(23)20(21)24)18(22)12-4-5-13-14(11-12)27-9-8-26-13/h2-5,10-11,17,22H,6-9H2,1H3. The minimum atomic E-state index is -0.707. The molecule has 1 N–H and O–H groups in total. The number of ketones is 1. The number of hydrogen-bond donors (Lipinski definition) is 1. The first kappa shape index (κ1) is 18.5. The van der Waals surface area contributed by atoms with E-state index >= 15 is 0 Å². The van der Waals surface area contributed by atoms with Gasteiger partial charge in [0.2, 0.25) is 0 Å². The molecule has 0 bridgehead atoms. The average Bonchev–Trinajstić information content (AvgIpc) is 3.33. The van der Waals surface area contributed by atoms with Crippen LogP contribution in [-0.4, -0.2) is 55.2 Å². The first-order chi connectivity index (χ1) is 13.6. The SMILES string of the molecule is COCCN1C(=O)C(=O)C(=C(O)c2ccc3c(c2)OCCO3)C1c1cccs1. The summed E-state index contributed by atoms with van der Waals surface area (Å²) in [5.41, 5.74) is 0.468. The maximum atomic E-state index is 12.8. The summed E-state index contributed by atoms with van der Waals surface area (Å²) >= 11 is 1.42. The lowest BCUT2D eigenvalue weighted by Crippen LogP contribution is -2.32. The van der Waals surface area contributed by atoms with Gasteiger partial charge in [0.25, 0.3) is 11.7 Å². The summed E-state index contributed by atoms with van der Waals surface area (Å²) in [6.45, 7) is 1.41. The zero-order valence-electron chi connectivity index (χ0n) is 15.2. The molecular weight excluding hydrogens is 382 g/mol. The van der Waals surface area contributed by atoms with Crippen LogP contribution in [0.15, 0.2) is 41.3 Å². The number of Topliss-reactive ketones (excluding diaryl/α,β-unsaturated/α-hetero) is 1. The number of amides is 1. The predicted octanol–water partition coefficient (Wildman–Crippen LogP) is 2.59. The summed E-state index contributed by atoms with van der Waals surface area (Å²) < 4.78 is 16.1. The van der Waals surface area contributed by atoms with Gasteiger partial charge in [-0.25, -0.2) is 0 Å². The van der Waals surface area contributed by atoms with Gasteiger partial charge in [0, 0.05) is 24.1 Å². The lowest BCUT2D eigenvalue weighted by atomic mass is 9.99. The van der Waals surface area contributed by atoms with Crippen molar-refractivity contribution in [3.05, 3.63) is 51.7 Å². The van der Waals surface area contributed by atoms with Gasteiger partial charge >= 0.3 is 0 Å². The normalized spacial score (nSPS) is 20.6. The fourth-order valence-electron chi connectivity index (χ4n) is 3.39. The smallest absolute Gasteiger partial charge is 0.295 e. The zero-order chi connectivity index (χ0) is 19.7. The minimum absolute atomic E-state index is 0.0697. The van der Waals surface area contributed by atoms with E-state index in [0.717, 1.165) is 4.88 Å². The largest absolute Gasteiger partial charge is 0.507 e. The second-order valence-electron chi connectivity index (χ2n) is 6.36. The van der Waals surface area contributed by atoms with Gasteiger partial charge in [-0.2, -0.15) is 0 Å². The number of ether oxygens (including phenoxy) is 3. The van der Waals surface area contributed by atoms with E-state index in [1.165, 1.54) is 23.3 Å². The Morgan fingerprint density at radius 2 is 2.04 bits per heavy atom. The van der Waals surface area contributed by atoms with Crippen LogP contribution in [-0.2, 0) is 14.3 Å². The second-order valence-corrected chi connectivity index (χ2v) is 7.34. The minimum Gasteiger partial charge on any atom is -0.507 e. The quantitative estimate of drug-likeness (QED) is 0.471. The van der Waals surface area contributed by atoms with Crippen LogP contribution in [0.4, 0.5) is 0 Å². The molecule has 0 saturated carbocycles. The van der Waals surface area contributed by atoms with Gasteiger partial charge in [-0.3, -0.25) is 9.59 Å². The molecular formula is C20H19NO6S. The number of thiophene rings is 1. The molecule has 2 aromatic rings. The number of rotatable bonds is 5. The van der Waals surface area contributed by atoms with E-state index in [9.17, 15) is 14.7 Å². The molecule has 1 saturated heterocycles. The van der Waals surface area contributed by atoms with Crippen LogP contribution in [0.1, 0.15) is 16.5 Å². The highest BCUT2D eigenvalue weighted by molar-refractivity contribution is 7.10. The maximum absolute atomic E-state index is 12.8. The Morgan fingerprint density at radius 3 is 2.75 bits per heavy atom. The molecule has 4 rings (SSSR count). The van der Waals surface area contributed by atoms with Crippen LogP contribution in [0.3, 0.4) is 0 Å². The van der Waals surface area contributed by atoms with E-state index < -0.39 is 17.7 Å². The van der Waals surface area contributed by atoms with Crippen LogP contribution in [0.25, 0.3) is 5.76 Å². The summed E-state index contributed by atoms with van der Waals surface area (Å²) in [7, 11) is 1.53. The summed E-state index contributed by atoms with van der Waals surface area (Å²) in [5.74, 6) is -0.500. The van der Waals surface area contributed by atoms with E-state index in [1.807, 2.05) is 17.5 Å². The van der Waals surface area contributed by atoms with Crippen LogP contribution in [0.2, 0.25) is 0 Å². The van der Waals surface area contributed by atoms with Crippen molar-refractivity contribution >= 4 is 28.8 Å². The van der Waals surface area contributed by atoms with E-state index in [4.69, 9.17) is 14.2 Å². The number of likely N-dealkylation sites (tertiary alicyclic amines) is 1. The van der Waals surface area contributed by atoms with E-state index in [-0.39, 0.29) is 17.9 Å². The molecule has 2 aliphatic heterocycles. The Balaban J connectivity index is 1.80. The molecule has 2 aliphatic rings. The number of aliphatic hydroxyl groups excluding tert-OH is 1. The number of fused-ring (bicyclic) bond motifs is 1. The first-order valence-electron chi connectivity index (χ1n) is 8.82. The molecule has 1 aromatic heterocycles. The summed E-state index contributed by atoms with van der Waals surface area (Å²) in [6.07, 6.45) is 0. The highest BCUT2D eigenvalue weighted by atomic mass is 32.1. The molecule has 0 radical (unpaired) electrons. The molecule has 0 aliphatic carbocycles. The monoisotopic (exact) mass is 401 g/mol. The Hall–Kier alpha value is -2.84. The van der Waals surface area contributed by atoms with Gasteiger partial charge in [0.15, 0.2) is 11.5 Å². The first-order valence-corrected chi connectivity index (χ1v) is 9.70. The average molecular weight is 401 g/mol. The van der Waals surface area contributed by atoms with Crippen LogP contribution in [0, 0.1) is 0 Å². The molecule has 7 nitrogen and oxygen atoms in total. The Bertz CT molecular complexity index is 936. The molecule has 0 spiro atoms. The van der Waals surface area contributed by atoms with E-state index in [0.29, 0.717) is 36.9 Å². The van der Waals surface area contributed by atoms with Gasteiger partial charge in [-0.15, -0.1) is 11.3 Å². The molecule has 28 heavy (non-hydrogen) atoms. The molecule has 1 amide bonds. The van der Waals surface area contributed by atoms with Crippen molar-refractivity contribution in [2.75, 3.05) is 33.5 Å². The topological polar surface area (TPSA) is 85.3 Å². The van der Waals surface area contributed by atoms with Crippen LogP contribution >= 0.6 is 11.3 Å². The highest BCUT2D eigenvalue weighted by Gasteiger charge is 2.46. The molecule has 3 heterocycles. The third-order valence-corrected chi connectivity index (χ3v) is 5.63. The lowest BCUT2D eigenvalue weighted by Gasteiger charge is -2.24. The maximum Gasteiger partial charge on any atom is 0.295 e. The van der Waals surface area contributed by atoms with Crippen molar-refractivity contribution < 1.29 is 28.9 Å². The Morgan fingerprint density at radius 1 is 1.25 bits per heavy atom. The molecule has 1 atom stereocenters. The number of aliphatic hydroxyl groups is 1. The molecule has 1 unspecified atom stereocenters. The van der Waals surface area contributed by atoms with Crippen molar-refractivity contribution in [1.29, 1.82) is 0 Å². The number of methoxy groups -OCH3 is 1. The Kier molecular flexibility index (Phi) is 5.06. The summed E-state index contributed by atoms with van der Waals surface area (Å²) in [6, 6.07) is 8.00. The molecule has 8 heteroatoms. The van der Waals surface area contributed by atoms with Gasteiger partial charge in [0.05, 0.1) is 18.2 Å². The second kappa shape index (κ2) is 7.65. The lowest BCUT2D eigenvalue weighted by molar-refractivity contribution is -0.140. The molecule has 146 valence electrons. The van der Waals surface area contributed by atoms with E-state index in [2.05, 4.69) is 0 Å². The zero-order valence-corrected chi connectivity index (χ0v) is 16.0. The highest BCUT2D eigenvalue weighted by Crippen LogP contribution is 2.42. The third-order valence-electron chi connectivity index (χ3n) is 4.70. The summed E-state index contributed by atoms with van der Waals surface area (Å²) in [5, 5.41) is 12.9. The van der Waals surface area contributed by atoms with Gasteiger partial charge in [-0.1, -0.05) is 6.07 Å². The van der Waals surface area contributed by atoms with Gasteiger partial charge < -0.3 is 24.2 Å². The number of carbonyl (C=O) groups is 2. The Labute approximate surface area is 165 Å². The molecule has 1 aromatic carbocycles. The van der Waals surface area contributed by atoms with E-state index in [1.54, 1.807) is 18.2 Å². The van der Waals surface area contributed by atoms with Gasteiger partial charge in [-0.05, 0) is 29.6 Å². The van der Waals surface area contributed by atoms with Crippen molar-refractivity contribution in [1.82, 2.24) is 4.90 Å². The predicted molar refractivity (Wildman–Crippen MR) is 103 cm³/mol. The van der Waals surface area contributed by atoms with Crippen LogP contribution < -0.4 is 9.47 Å². The fraction of sp³-hybridized carbons (Fsp3) is 0.300. The number of carbonyl (C=O) groups excluding carboxylic acids is 2. The molecule has 1 fully saturated rings. The van der Waals surface area contributed by atoms with Crippen molar-refractivity contribution in [3.8, 4) is 11.5 Å². The third kappa shape index (κ3) is 3.14. The van der Waals surface area contributed by atoms with Crippen molar-refractivity contribution in [3.63, 3.8) is 0 Å². The summed E-state index contributed by atoms with van der Waals surface area (Å²) in [4.78, 5) is 27.7. The number of hydrogen-bond acceptors (Lipinski definition) is 7. The van der Waals surface area contributed by atoms with Crippen molar-refractivity contribution in [2.24, 2.45) is 0 Å². The number of benzene rings is 1. The number of nitrogens with zero attached hydrogens (tertiary/aromatic N) is 1. The fourth-order valence-corrected chi connectivity index (χ4v) is 4.23. The van der Waals surface area contributed by atoms with Crippen molar-refractivity contribution in [2.45, 2.75) is 6.04 Å².